The van der Waals surface area contributed by atoms with Crippen LogP contribution in [-0.4, -0.2) is 52.8 Å². The summed E-state index contributed by atoms with van der Waals surface area (Å²) in [5.41, 5.74) is 3.38. The Morgan fingerprint density at radius 2 is 1.44 bits per heavy atom. The minimum Gasteiger partial charge on any atom is -0.552 e. The molecule has 10 N–H and O–H groups in total. The van der Waals surface area contributed by atoms with Crippen molar-refractivity contribution in [2.75, 3.05) is 5.01 Å². The van der Waals surface area contributed by atoms with Crippen molar-refractivity contribution in [2.45, 2.75) is 24.8 Å². The monoisotopic (exact) mass is 619 g/mol. The second-order valence-electron chi connectivity index (χ2n) is 6.67. The minimum absolute atomic E-state index is 0. The summed E-state index contributed by atoms with van der Waals surface area (Å²) in [5.74, 6) is -1.52. The smallest absolute Gasteiger partial charge is 0.552 e. The van der Waals surface area contributed by atoms with Crippen LogP contribution in [0.1, 0.15) is 18.1 Å². The van der Waals surface area contributed by atoms with Crippen molar-refractivity contribution in [1.82, 2.24) is 5.01 Å². The predicted molar refractivity (Wildman–Crippen MR) is 132 cm³/mol. The van der Waals surface area contributed by atoms with E-state index in [1.165, 1.54) is 23.4 Å². The summed E-state index contributed by atoms with van der Waals surface area (Å²) in [5, 5.41) is 14.6. The van der Waals surface area contributed by atoms with Gasteiger partial charge in [0, 0.05) is 35.0 Å². The van der Waals surface area contributed by atoms with Crippen LogP contribution in [0.15, 0.2) is 84.2 Å². The van der Waals surface area contributed by atoms with Crippen molar-refractivity contribution in [3.63, 3.8) is 0 Å². The van der Waals surface area contributed by atoms with Gasteiger partial charge in [-0.15, -0.1) is 0 Å². The number of anilines is 1. The first-order chi connectivity index (χ1) is 14.3. The van der Waals surface area contributed by atoms with Crippen LogP contribution in [0.3, 0.4) is 0 Å². The molecule has 204 valence electrons. The Labute approximate surface area is 223 Å². The van der Waals surface area contributed by atoms with E-state index in [1.807, 2.05) is 25.3 Å². The zero-order valence-corrected chi connectivity index (χ0v) is 21.7. The van der Waals surface area contributed by atoms with Crippen molar-refractivity contribution >= 4 is 27.8 Å². The maximum Gasteiger partial charge on any atom is 2.00 e. The summed E-state index contributed by atoms with van der Waals surface area (Å²) in [6.45, 7) is 2.97. The number of carboxylic acids is 1. The van der Waals surface area contributed by atoms with Crippen LogP contribution in [0.4, 0.5) is 5.69 Å². The zero-order valence-electron chi connectivity index (χ0n) is 19.4. The molecule has 4 rings (SSSR count). The molecule has 0 saturated carbocycles. The standard InChI is InChI=1S/C12H10N2.C10H12NO4S.5H2O.Pd/c1-2-6-12-11(5-1)7-10-13-8-3-4-9-14(12)13;1-7-3-5-9(6-4-7)16(14,15)11-8(2)10(12)13;;;;;;/h1-10H;3-6,8H,1-2H3,(H,12,13);5*1H2;/q;-1;;;;;;+2/p-1. The summed E-state index contributed by atoms with van der Waals surface area (Å²) in [7, 11) is -3.92. The Hall–Kier alpha value is -2.90. The van der Waals surface area contributed by atoms with Crippen molar-refractivity contribution in [3.8, 4) is 0 Å². The van der Waals surface area contributed by atoms with Gasteiger partial charge in [0.25, 0.3) is 0 Å². The van der Waals surface area contributed by atoms with E-state index in [9.17, 15) is 18.3 Å². The molecule has 0 aliphatic carbocycles. The predicted octanol–water partition coefficient (Wildman–Crippen LogP) is -1.19. The van der Waals surface area contributed by atoms with E-state index in [2.05, 4.69) is 57.5 Å². The number of rotatable bonds is 4. The van der Waals surface area contributed by atoms with Crippen molar-refractivity contribution < 1.29 is 66.1 Å². The summed E-state index contributed by atoms with van der Waals surface area (Å²) in [6, 6.07) is 13.0. The molecule has 36 heavy (non-hydrogen) atoms. The molecule has 2 aliphatic rings. The van der Waals surface area contributed by atoms with E-state index in [0.717, 1.165) is 12.5 Å². The molecule has 0 radical (unpaired) electrons. The van der Waals surface area contributed by atoms with E-state index < -0.39 is 22.0 Å². The third kappa shape index (κ3) is 9.99. The maximum atomic E-state index is 11.6. The van der Waals surface area contributed by atoms with Gasteiger partial charge in [-0.25, -0.2) is 8.42 Å². The molecule has 0 saturated heterocycles. The summed E-state index contributed by atoms with van der Waals surface area (Å²) >= 11 is 0. The first kappa shape index (κ1) is 40.3. The Morgan fingerprint density at radius 3 is 2.03 bits per heavy atom. The summed E-state index contributed by atoms with van der Waals surface area (Å²) in [4.78, 5) is 10.4. The molecule has 2 aliphatic heterocycles. The van der Waals surface area contributed by atoms with Gasteiger partial charge in [-0.2, -0.15) is 0 Å². The molecule has 12 nitrogen and oxygen atoms in total. The van der Waals surface area contributed by atoms with Crippen LogP contribution in [0, 0.1) is 6.92 Å². The SMILES string of the molecule is C1=CN2C=Cc3ccccc3N2C=C1.Cc1ccc(S(=O)(=O)[N-]C(C)C(=O)[O-])cc1.O.O.O.O.O.[Pd+2]. The van der Waals surface area contributed by atoms with E-state index in [-0.39, 0.29) is 52.7 Å². The topological polar surface area (TPSA) is 252 Å². The number of carbonyl (C=O) groups excluding carboxylic acids is 1. The molecule has 1 atom stereocenters. The summed E-state index contributed by atoms with van der Waals surface area (Å²) < 4.78 is 26.4. The Kier molecular flexibility index (Phi) is 19.6. The number of aryl methyl sites for hydroxylation is 1. The fourth-order valence-electron chi connectivity index (χ4n) is 2.76. The fraction of sp³-hybridized carbons (Fsp3) is 0.136. The average Bonchev–Trinajstić information content (AvgIpc) is 2.74. The number of carboxylic acid groups (broad SMARTS) is 1. The molecule has 14 heteroatoms. The number of sulfonamides is 1. The van der Waals surface area contributed by atoms with Gasteiger partial charge in [0.1, 0.15) is 10.0 Å². The van der Waals surface area contributed by atoms with Gasteiger partial charge >= 0.3 is 20.4 Å². The Balaban J connectivity index is -0.000000244. The van der Waals surface area contributed by atoms with Gasteiger partial charge in [-0.05, 0) is 43.4 Å². The second kappa shape index (κ2) is 17.5. The van der Waals surface area contributed by atoms with Gasteiger partial charge in [0.05, 0.1) is 5.69 Å². The van der Waals surface area contributed by atoms with E-state index in [1.54, 1.807) is 12.1 Å². The van der Waals surface area contributed by atoms with Gasteiger partial charge in [0.15, 0.2) is 0 Å². The van der Waals surface area contributed by atoms with E-state index in [0.29, 0.717) is 0 Å². The number of hydrogen-bond donors (Lipinski definition) is 0. The average molecular weight is 620 g/mol. The quantitative estimate of drug-likeness (QED) is 0.380. The number of para-hydroxylation sites is 1. The number of nitrogens with zero attached hydrogens (tertiary/aromatic N) is 3. The minimum atomic E-state index is -3.92. The molecule has 2 heterocycles. The number of hydrazine groups is 1. The number of allylic oxidation sites excluding steroid dienone is 2. The molecular formula is C22H31N3O9PdS. The van der Waals surface area contributed by atoms with E-state index >= 15 is 0 Å². The van der Waals surface area contributed by atoms with Crippen molar-refractivity contribution in [1.29, 1.82) is 0 Å². The van der Waals surface area contributed by atoms with Crippen molar-refractivity contribution in [2.24, 2.45) is 0 Å². The summed E-state index contributed by atoms with van der Waals surface area (Å²) in [6.07, 6.45) is 12.3. The fourth-order valence-corrected chi connectivity index (χ4v) is 3.86. The zero-order chi connectivity index (χ0) is 21.7. The van der Waals surface area contributed by atoms with Crippen LogP contribution in [0.2, 0.25) is 0 Å². The number of carbonyl (C=O) groups is 1. The molecular weight excluding hydrogens is 589 g/mol. The molecule has 0 bridgehead atoms. The van der Waals surface area contributed by atoms with Gasteiger partial charge < -0.3 is 42.0 Å². The molecule has 0 amide bonds. The van der Waals surface area contributed by atoms with Crippen LogP contribution in [0.5, 0.6) is 0 Å². The van der Waals surface area contributed by atoms with Crippen LogP contribution in [0.25, 0.3) is 10.8 Å². The first-order valence-corrected chi connectivity index (χ1v) is 10.7. The van der Waals surface area contributed by atoms with Crippen LogP contribution >= 0.6 is 0 Å². The molecule has 1 unspecified atom stereocenters. The third-order valence-corrected chi connectivity index (χ3v) is 5.83. The first-order valence-electron chi connectivity index (χ1n) is 9.22. The van der Waals surface area contributed by atoms with Crippen LogP contribution < -0.4 is 10.1 Å². The number of aliphatic carboxylic acids is 1. The Morgan fingerprint density at radius 1 is 0.889 bits per heavy atom. The van der Waals surface area contributed by atoms with Crippen molar-refractivity contribution in [3.05, 3.63) is 95.1 Å². The molecule has 0 aromatic heterocycles. The molecule has 0 fully saturated rings. The molecule has 2 aromatic rings. The largest absolute Gasteiger partial charge is 2.00 e. The number of hydrogen-bond acceptors (Lipinski definition) is 6. The van der Waals surface area contributed by atoms with Crippen LogP contribution in [-0.2, 0) is 35.2 Å². The third-order valence-electron chi connectivity index (χ3n) is 4.37. The number of fused-ring (bicyclic) bond motifs is 3. The Bertz CT molecular complexity index is 1120. The van der Waals surface area contributed by atoms with E-state index in [4.69, 9.17) is 0 Å². The number of benzene rings is 2. The van der Waals surface area contributed by atoms with Gasteiger partial charge in [0.2, 0.25) is 0 Å². The second-order valence-corrected chi connectivity index (χ2v) is 8.30. The normalized spacial score (nSPS) is 12.5. The molecule has 2 aromatic carbocycles. The van der Waals surface area contributed by atoms with Gasteiger partial charge in [-0.3, -0.25) is 10.0 Å². The van der Waals surface area contributed by atoms with Gasteiger partial charge in [-0.1, -0.05) is 48.9 Å². The maximum absolute atomic E-state index is 11.6. The molecule has 0 spiro atoms.